The number of rotatable bonds is 7. The lowest BCUT2D eigenvalue weighted by Gasteiger charge is -2.22. The van der Waals surface area contributed by atoms with Crippen LogP contribution >= 0.6 is 0 Å². The van der Waals surface area contributed by atoms with Gasteiger partial charge in [0.2, 0.25) is 0 Å². The molecule has 0 fully saturated rings. The van der Waals surface area contributed by atoms with E-state index in [0.717, 1.165) is 0 Å². The maximum atomic E-state index is 11.8. The van der Waals surface area contributed by atoms with Crippen LogP contribution < -0.4 is 5.32 Å². The molecule has 0 aliphatic rings. The average molecular weight is 289 g/mol. The molecule has 0 aromatic heterocycles. The molecule has 1 amide bonds. The van der Waals surface area contributed by atoms with Gasteiger partial charge in [-0.1, -0.05) is 6.92 Å². The van der Waals surface area contributed by atoms with Gasteiger partial charge in [0.1, 0.15) is 11.6 Å². The Morgan fingerprint density at radius 3 is 2.30 bits per heavy atom. The molecule has 0 aromatic rings. The van der Waals surface area contributed by atoms with E-state index in [2.05, 4.69) is 5.32 Å². The minimum atomic E-state index is -0.692. The maximum absolute atomic E-state index is 11.8. The molecule has 0 aliphatic heterocycles. The Morgan fingerprint density at radius 1 is 1.25 bits per heavy atom. The highest BCUT2D eigenvalue weighted by Gasteiger charge is 2.24. The second-order valence-corrected chi connectivity index (χ2v) is 5.61. The lowest BCUT2D eigenvalue weighted by molar-refractivity contribution is -0.147. The van der Waals surface area contributed by atoms with Crippen molar-refractivity contribution in [2.45, 2.75) is 65.2 Å². The Bertz CT molecular complexity index is 311. The standard InChI is InChI=1S/C14H27NO5/c1-7-11(15-13(17)20-14(3,4)5)12(16)19-9-8-10(2)18-6/h10-11H,7-9H2,1-6H3,(H,15,17)/t10-,11+/m1/s1. The first kappa shape index (κ1) is 18.7. The largest absolute Gasteiger partial charge is 0.464 e. The zero-order valence-electron chi connectivity index (χ0n) is 13.3. The second-order valence-electron chi connectivity index (χ2n) is 5.61. The SMILES string of the molecule is CC[C@H](NC(=O)OC(C)(C)C)C(=O)OCC[C@@H](C)OC. The fourth-order valence-corrected chi connectivity index (χ4v) is 1.32. The summed E-state index contributed by atoms with van der Waals surface area (Å²) in [5, 5.41) is 2.51. The van der Waals surface area contributed by atoms with Gasteiger partial charge in [-0.25, -0.2) is 9.59 Å². The summed E-state index contributed by atoms with van der Waals surface area (Å²) >= 11 is 0. The van der Waals surface area contributed by atoms with E-state index in [1.807, 2.05) is 6.92 Å². The lowest BCUT2D eigenvalue weighted by Crippen LogP contribution is -2.44. The van der Waals surface area contributed by atoms with E-state index in [9.17, 15) is 9.59 Å². The number of carbonyl (C=O) groups is 2. The molecule has 0 radical (unpaired) electrons. The molecular weight excluding hydrogens is 262 g/mol. The van der Waals surface area contributed by atoms with E-state index in [0.29, 0.717) is 12.8 Å². The highest BCUT2D eigenvalue weighted by Crippen LogP contribution is 2.07. The summed E-state index contributed by atoms with van der Waals surface area (Å²) in [5.41, 5.74) is -0.597. The van der Waals surface area contributed by atoms with Crippen LogP contribution in [0, 0.1) is 0 Å². The molecule has 0 bridgehead atoms. The minimum absolute atomic E-state index is 0.0293. The molecule has 0 rings (SSSR count). The third kappa shape index (κ3) is 8.74. The smallest absolute Gasteiger partial charge is 0.408 e. The van der Waals surface area contributed by atoms with Gasteiger partial charge >= 0.3 is 12.1 Å². The average Bonchev–Trinajstić information content (AvgIpc) is 2.33. The van der Waals surface area contributed by atoms with Crippen molar-refractivity contribution in [2.75, 3.05) is 13.7 Å². The number of amides is 1. The number of alkyl carbamates (subject to hydrolysis) is 1. The van der Waals surface area contributed by atoms with E-state index < -0.39 is 23.7 Å². The van der Waals surface area contributed by atoms with Gasteiger partial charge in [0.05, 0.1) is 12.7 Å². The molecule has 0 aliphatic carbocycles. The van der Waals surface area contributed by atoms with Crippen molar-refractivity contribution in [1.82, 2.24) is 5.32 Å². The van der Waals surface area contributed by atoms with Crippen LogP contribution in [0.1, 0.15) is 47.5 Å². The summed E-state index contributed by atoms with van der Waals surface area (Å²) in [5.74, 6) is -0.457. The molecule has 0 heterocycles. The number of esters is 1. The van der Waals surface area contributed by atoms with E-state index in [1.54, 1.807) is 34.8 Å². The Labute approximate surface area is 121 Å². The van der Waals surface area contributed by atoms with Crippen LogP contribution in [0.4, 0.5) is 4.79 Å². The van der Waals surface area contributed by atoms with E-state index >= 15 is 0 Å². The third-order valence-electron chi connectivity index (χ3n) is 2.55. The molecule has 2 atom stereocenters. The monoisotopic (exact) mass is 289 g/mol. The van der Waals surface area contributed by atoms with Crippen molar-refractivity contribution in [1.29, 1.82) is 0 Å². The van der Waals surface area contributed by atoms with E-state index in [-0.39, 0.29) is 12.7 Å². The van der Waals surface area contributed by atoms with E-state index in [1.165, 1.54) is 0 Å². The zero-order chi connectivity index (χ0) is 15.8. The van der Waals surface area contributed by atoms with Crippen LogP contribution in [0.15, 0.2) is 0 Å². The topological polar surface area (TPSA) is 73.9 Å². The molecule has 0 saturated heterocycles. The van der Waals surface area contributed by atoms with Gasteiger partial charge in [-0.15, -0.1) is 0 Å². The minimum Gasteiger partial charge on any atom is -0.464 e. The molecule has 0 spiro atoms. The van der Waals surface area contributed by atoms with Crippen molar-refractivity contribution in [3.63, 3.8) is 0 Å². The molecule has 1 N–H and O–H groups in total. The van der Waals surface area contributed by atoms with Crippen LogP contribution in [0.3, 0.4) is 0 Å². The summed E-state index contributed by atoms with van der Waals surface area (Å²) < 4.78 is 15.3. The molecule has 6 nitrogen and oxygen atoms in total. The van der Waals surface area contributed by atoms with Crippen molar-refractivity contribution in [2.24, 2.45) is 0 Å². The van der Waals surface area contributed by atoms with Crippen LogP contribution in [0.25, 0.3) is 0 Å². The molecule has 6 heteroatoms. The Hall–Kier alpha value is -1.30. The molecular formula is C14H27NO5. The van der Waals surface area contributed by atoms with E-state index in [4.69, 9.17) is 14.2 Å². The first-order valence-electron chi connectivity index (χ1n) is 6.88. The molecule has 118 valence electrons. The number of nitrogens with one attached hydrogen (secondary N) is 1. The first-order valence-corrected chi connectivity index (χ1v) is 6.88. The summed E-state index contributed by atoms with van der Waals surface area (Å²) in [7, 11) is 1.60. The normalized spacial score (nSPS) is 14.3. The number of ether oxygens (including phenoxy) is 3. The van der Waals surface area contributed by atoms with Gasteiger partial charge < -0.3 is 19.5 Å². The van der Waals surface area contributed by atoms with Gasteiger partial charge in [-0.05, 0) is 34.1 Å². The van der Waals surface area contributed by atoms with Gasteiger partial charge in [0.15, 0.2) is 0 Å². The number of hydrogen-bond donors (Lipinski definition) is 1. The summed E-state index contributed by atoms with van der Waals surface area (Å²) in [6.45, 7) is 9.24. The number of hydrogen-bond acceptors (Lipinski definition) is 5. The van der Waals surface area contributed by atoms with Crippen molar-refractivity contribution in [3.05, 3.63) is 0 Å². The second kappa shape index (κ2) is 8.79. The predicted molar refractivity (Wildman–Crippen MR) is 75.5 cm³/mol. The maximum Gasteiger partial charge on any atom is 0.408 e. The van der Waals surface area contributed by atoms with Crippen LogP contribution in [-0.2, 0) is 19.0 Å². The summed E-state index contributed by atoms with van der Waals surface area (Å²) in [6, 6.07) is -0.692. The highest BCUT2D eigenvalue weighted by atomic mass is 16.6. The Balaban J connectivity index is 4.18. The molecule has 0 unspecified atom stereocenters. The quantitative estimate of drug-likeness (QED) is 0.728. The van der Waals surface area contributed by atoms with Gasteiger partial charge in [-0.2, -0.15) is 0 Å². The molecule has 0 aromatic carbocycles. The number of carbonyl (C=O) groups excluding carboxylic acids is 2. The van der Waals surface area contributed by atoms with Crippen molar-refractivity contribution < 1.29 is 23.8 Å². The summed E-state index contributed by atoms with van der Waals surface area (Å²) in [4.78, 5) is 23.4. The number of methoxy groups -OCH3 is 1. The van der Waals surface area contributed by atoms with Crippen LogP contribution in [0.2, 0.25) is 0 Å². The highest BCUT2D eigenvalue weighted by molar-refractivity contribution is 5.81. The van der Waals surface area contributed by atoms with Gasteiger partial charge in [0, 0.05) is 13.5 Å². The fourth-order valence-electron chi connectivity index (χ4n) is 1.32. The Kier molecular flexibility index (Phi) is 8.22. The predicted octanol–water partition coefficient (Wildman–Crippen LogP) is 2.26. The van der Waals surface area contributed by atoms with Crippen LogP contribution in [-0.4, -0.2) is 43.5 Å². The molecule has 20 heavy (non-hydrogen) atoms. The van der Waals surface area contributed by atoms with Crippen molar-refractivity contribution in [3.8, 4) is 0 Å². The molecule has 0 saturated carbocycles. The lowest BCUT2D eigenvalue weighted by atomic mass is 10.2. The Morgan fingerprint density at radius 2 is 1.85 bits per heavy atom. The van der Waals surface area contributed by atoms with Crippen molar-refractivity contribution >= 4 is 12.1 Å². The van der Waals surface area contributed by atoms with Crippen LogP contribution in [0.5, 0.6) is 0 Å². The fraction of sp³-hybridized carbons (Fsp3) is 0.857. The van der Waals surface area contributed by atoms with Gasteiger partial charge in [0.25, 0.3) is 0 Å². The third-order valence-corrected chi connectivity index (χ3v) is 2.55. The zero-order valence-corrected chi connectivity index (χ0v) is 13.3. The first-order chi connectivity index (χ1) is 9.19. The van der Waals surface area contributed by atoms with Gasteiger partial charge in [-0.3, -0.25) is 0 Å². The summed E-state index contributed by atoms with van der Waals surface area (Å²) in [6.07, 6.45) is 0.469.